The highest BCUT2D eigenvalue weighted by Gasteiger charge is 2.15. The van der Waals surface area contributed by atoms with Gasteiger partial charge >= 0.3 is 5.97 Å². The second-order valence-corrected chi connectivity index (χ2v) is 4.53. The molecule has 0 amide bonds. The van der Waals surface area contributed by atoms with E-state index in [0.717, 1.165) is 12.1 Å². The number of carboxylic acids is 1. The van der Waals surface area contributed by atoms with E-state index in [1.165, 1.54) is 18.2 Å². The third-order valence-corrected chi connectivity index (χ3v) is 2.93. The van der Waals surface area contributed by atoms with Crippen molar-refractivity contribution in [2.45, 2.75) is 0 Å². The first-order chi connectivity index (χ1) is 8.49. The summed E-state index contributed by atoms with van der Waals surface area (Å²) in [7, 11) is 0. The average Bonchev–Trinajstić information content (AvgIpc) is 2.29. The molecule has 0 unspecified atom stereocenters. The predicted molar refractivity (Wildman–Crippen MR) is 66.5 cm³/mol. The summed E-state index contributed by atoms with van der Waals surface area (Å²) in [5.74, 6) is -2.67. The first-order valence-electron chi connectivity index (χ1n) is 4.97. The summed E-state index contributed by atoms with van der Waals surface area (Å²) < 4.78 is 27.0. The average molecular weight is 313 g/mol. The molecule has 0 aliphatic heterocycles. The molecular formula is C13H7BrF2O2. The smallest absolute Gasteiger partial charge is 0.336 e. The summed E-state index contributed by atoms with van der Waals surface area (Å²) in [5.41, 5.74) is 0.222. The molecule has 0 aromatic heterocycles. The van der Waals surface area contributed by atoms with Crippen molar-refractivity contribution in [3.05, 3.63) is 58.1 Å². The maximum Gasteiger partial charge on any atom is 0.336 e. The number of carbonyl (C=O) groups is 1. The lowest BCUT2D eigenvalue weighted by Crippen LogP contribution is -2.00. The van der Waals surface area contributed by atoms with Crippen LogP contribution < -0.4 is 0 Å². The summed E-state index contributed by atoms with van der Waals surface area (Å²) >= 11 is 3.15. The molecule has 0 heterocycles. The molecule has 2 aromatic carbocycles. The molecule has 92 valence electrons. The third-order valence-electron chi connectivity index (χ3n) is 2.43. The van der Waals surface area contributed by atoms with E-state index >= 15 is 0 Å². The Morgan fingerprint density at radius 2 is 1.72 bits per heavy atom. The molecular weight excluding hydrogens is 306 g/mol. The molecule has 2 aromatic rings. The predicted octanol–water partition coefficient (Wildman–Crippen LogP) is 4.09. The van der Waals surface area contributed by atoms with Crippen LogP contribution in [0.3, 0.4) is 0 Å². The van der Waals surface area contributed by atoms with Crippen molar-refractivity contribution in [1.29, 1.82) is 0 Å². The molecule has 0 aliphatic carbocycles. The van der Waals surface area contributed by atoms with Crippen LogP contribution in [-0.2, 0) is 0 Å². The standard InChI is InChI=1S/C13H7BrF2O2/c14-7-1-3-9(11(5-7)13(17)18)10-4-2-8(15)6-12(10)16/h1-6H,(H,17,18). The zero-order valence-corrected chi connectivity index (χ0v) is 10.5. The van der Waals surface area contributed by atoms with Crippen molar-refractivity contribution in [1.82, 2.24) is 0 Å². The number of benzene rings is 2. The van der Waals surface area contributed by atoms with E-state index in [1.807, 2.05) is 0 Å². The molecule has 2 rings (SSSR count). The van der Waals surface area contributed by atoms with Gasteiger partial charge in [0.1, 0.15) is 11.6 Å². The molecule has 0 spiro atoms. The summed E-state index contributed by atoms with van der Waals surface area (Å²) in [6.07, 6.45) is 0. The lowest BCUT2D eigenvalue weighted by Gasteiger charge is -2.08. The summed E-state index contributed by atoms with van der Waals surface area (Å²) in [6, 6.07) is 7.49. The lowest BCUT2D eigenvalue weighted by atomic mass is 9.99. The van der Waals surface area contributed by atoms with Gasteiger partial charge < -0.3 is 5.11 Å². The highest BCUT2D eigenvalue weighted by molar-refractivity contribution is 9.10. The van der Waals surface area contributed by atoms with E-state index in [-0.39, 0.29) is 16.7 Å². The Kier molecular flexibility index (Phi) is 3.43. The molecule has 0 saturated carbocycles. The molecule has 0 bridgehead atoms. The highest BCUT2D eigenvalue weighted by atomic mass is 79.9. The Hall–Kier alpha value is -1.75. The van der Waals surface area contributed by atoms with Crippen LogP contribution in [0.25, 0.3) is 11.1 Å². The van der Waals surface area contributed by atoms with Crippen molar-refractivity contribution >= 4 is 21.9 Å². The summed E-state index contributed by atoms with van der Waals surface area (Å²) in [5, 5.41) is 9.08. The van der Waals surface area contributed by atoms with Gasteiger partial charge in [0.25, 0.3) is 0 Å². The summed E-state index contributed by atoms with van der Waals surface area (Å²) in [6.45, 7) is 0. The zero-order valence-electron chi connectivity index (χ0n) is 8.95. The van der Waals surface area contributed by atoms with Crippen molar-refractivity contribution in [3.8, 4) is 11.1 Å². The van der Waals surface area contributed by atoms with E-state index in [0.29, 0.717) is 4.47 Å². The van der Waals surface area contributed by atoms with Crippen LogP contribution in [0.5, 0.6) is 0 Å². The van der Waals surface area contributed by atoms with Crippen LogP contribution in [0.15, 0.2) is 40.9 Å². The Labute approximate surface area is 110 Å². The van der Waals surface area contributed by atoms with Crippen molar-refractivity contribution in [2.75, 3.05) is 0 Å². The van der Waals surface area contributed by atoms with E-state index in [4.69, 9.17) is 5.11 Å². The fourth-order valence-electron chi connectivity index (χ4n) is 1.64. The van der Waals surface area contributed by atoms with Gasteiger partial charge in [-0.15, -0.1) is 0 Å². The minimum Gasteiger partial charge on any atom is -0.478 e. The van der Waals surface area contributed by atoms with Crippen LogP contribution in [0.2, 0.25) is 0 Å². The van der Waals surface area contributed by atoms with Gasteiger partial charge in [0.15, 0.2) is 0 Å². The van der Waals surface area contributed by atoms with E-state index in [1.54, 1.807) is 6.07 Å². The second kappa shape index (κ2) is 4.86. The van der Waals surface area contributed by atoms with Crippen LogP contribution in [0.1, 0.15) is 10.4 Å². The molecule has 0 atom stereocenters. The number of rotatable bonds is 2. The normalized spacial score (nSPS) is 10.4. The highest BCUT2D eigenvalue weighted by Crippen LogP contribution is 2.29. The Morgan fingerprint density at radius 3 is 2.33 bits per heavy atom. The fraction of sp³-hybridized carbons (Fsp3) is 0. The van der Waals surface area contributed by atoms with E-state index in [9.17, 15) is 13.6 Å². The minimum atomic E-state index is -1.17. The number of aromatic carboxylic acids is 1. The Balaban J connectivity index is 2.67. The Bertz CT molecular complexity index is 626. The maximum atomic E-state index is 13.6. The second-order valence-electron chi connectivity index (χ2n) is 3.62. The Morgan fingerprint density at radius 1 is 1.06 bits per heavy atom. The van der Waals surface area contributed by atoms with Crippen LogP contribution in [0, 0.1) is 11.6 Å². The largest absolute Gasteiger partial charge is 0.478 e. The molecule has 18 heavy (non-hydrogen) atoms. The van der Waals surface area contributed by atoms with Gasteiger partial charge in [0.2, 0.25) is 0 Å². The van der Waals surface area contributed by atoms with Gasteiger partial charge in [-0.3, -0.25) is 0 Å². The maximum absolute atomic E-state index is 13.6. The van der Waals surface area contributed by atoms with Crippen LogP contribution >= 0.6 is 15.9 Å². The van der Waals surface area contributed by atoms with Crippen LogP contribution in [-0.4, -0.2) is 11.1 Å². The van der Waals surface area contributed by atoms with Gasteiger partial charge in [-0.05, 0) is 29.8 Å². The fourth-order valence-corrected chi connectivity index (χ4v) is 2.00. The molecule has 0 aliphatic rings. The third kappa shape index (κ3) is 2.41. The minimum absolute atomic E-state index is 0.0464. The van der Waals surface area contributed by atoms with Crippen molar-refractivity contribution < 1.29 is 18.7 Å². The monoisotopic (exact) mass is 312 g/mol. The van der Waals surface area contributed by atoms with Gasteiger partial charge in [-0.1, -0.05) is 22.0 Å². The van der Waals surface area contributed by atoms with Gasteiger partial charge in [0, 0.05) is 16.1 Å². The van der Waals surface area contributed by atoms with Crippen molar-refractivity contribution in [3.63, 3.8) is 0 Å². The van der Waals surface area contributed by atoms with Crippen molar-refractivity contribution in [2.24, 2.45) is 0 Å². The first kappa shape index (κ1) is 12.7. The van der Waals surface area contributed by atoms with E-state index in [2.05, 4.69) is 15.9 Å². The van der Waals surface area contributed by atoms with E-state index < -0.39 is 17.6 Å². The number of carboxylic acid groups (broad SMARTS) is 1. The van der Waals surface area contributed by atoms with Gasteiger partial charge in [-0.25, -0.2) is 13.6 Å². The molecule has 1 N–H and O–H groups in total. The lowest BCUT2D eigenvalue weighted by molar-refractivity contribution is 0.0697. The number of hydrogen-bond acceptors (Lipinski definition) is 1. The number of halogens is 3. The SMILES string of the molecule is O=C(O)c1cc(Br)ccc1-c1ccc(F)cc1F. The number of hydrogen-bond donors (Lipinski definition) is 1. The molecule has 0 radical (unpaired) electrons. The topological polar surface area (TPSA) is 37.3 Å². The van der Waals surface area contributed by atoms with Crippen LogP contribution in [0.4, 0.5) is 8.78 Å². The van der Waals surface area contributed by atoms with Gasteiger partial charge in [-0.2, -0.15) is 0 Å². The molecule has 2 nitrogen and oxygen atoms in total. The molecule has 0 saturated heterocycles. The summed E-state index contributed by atoms with van der Waals surface area (Å²) in [4.78, 5) is 11.1. The quantitative estimate of drug-likeness (QED) is 0.906. The zero-order chi connectivity index (χ0) is 13.3. The first-order valence-corrected chi connectivity index (χ1v) is 5.76. The van der Waals surface area contributed by atoms with Gasteiger partial charge in [0.05, 0.1) is 5.56 Å². The molecule has 5 heteroatoms. The molecule has 0 fully saturated rings.